The Hall–Kier alpha value is -2.29. The number of carbonyl (C=O) groups is 1. The van der Waals surface area contributed by atoms with E-state index in [1.54, 1.807) is 7.11 Å². The number of hydrogen-bond acceptors (Lipinski definition) is 2. The van der Waals surface area contributed by atoms with Crippen LogP contribution in [0.25, 0.3) is 0 Å². The summed E-state index contributed by atoms with van der Waals surface area (Å²) in [5, 5.41) is 3.19. The molecule has 0 radical (unpaired) electrons. The molecule has 0 heterocycles. The van der Waals surface area contributed by atoms with Gasteiger partial charge < -0.3 is 10.1 Å². The molecule has 0 spiro atoms. The third kappa shape index (κ3) is 5.12. The maximum atomic E-state index is 12.9. The molecule has 0 saturated carbocycles. The van der Waals surface area contributed by atoms with Crippen LogP contribution in [0.15, 0.2) is 42.5 Å². The summed E-state index contributed by atoms with van der Waals surface area (Å²) in [6, 6.07) is 14.5. The van der Waals surface area contributed by atoms with Gasteiger partial charge in [-0.1, -0.05) is 58.0 Å². The molecule has 0 aromatic heterocycles. The van der Waals surface area contributed by atoms with E-state index in [1.807, 2.05) is 25.1 Å². The van der Waals surface area contributed by atoms with Gasteiger partial charge in [-0.2, -0.15) is 0 Å². The molecule has 0 aliphatic rings. The van der Waals surface area contributed by atoms with E-state index in [-0.39, 0.29) is 17.4 Å². The highest BCUT2D eigenvalue weighted by Crippen LogP contribution is 2.31. The van der Waals surface area contributed by atoms with Crippen LogP contribution >= 0.6 is 0 Å². The molecule has 2 aromatic carbocycles. The predicted octanol–water partition coefficient (Wildman–Crippen LogP) is 5.61. The van der Waals surface area contributed by atoms with Crippen molar-refractivity contribution in [2.24, 2.45) is 0 Å². The molecule has 1 atom stereocenters. The van der Waals surface area contributed by atoms with Gasteiger partial charge in [0.15, 0.2) is 0 Å². The van der Waals surface area contributed by atoms with Gasteiger partial charge in [-0.3, -0.25) is 4.79 Å². The summed E-state index contributed by atoms with van der Waals surface area (Å²) in [5.41, 5.74) is 4.00. The Kier molecular flexibility index (Phi) is 6.69. The number of methoxy groups -OCH3 is 1. The summed E-state index contributed by atoms with van der Waals surface area (Å²) >= 11 is 0. The maximum Gasteiger partial charge on any atom is 0.251 e. The first-order chi connectivity index (χ1) is 12.7. The highest BCUT2D eigenvalue weighted by Gasteiger charge is 2.25. The van der Waals surface area contributed by atoms with Crippen molar-refractivity contribution in [3.05, 3.63) is 64.7 Å². The fourth-order valence-corrected chi connectivity index (χ4v) is 3.70. The third-order valence-corrected chi connectivity index (χ3v) is 5.19. The lowest BCUT2D eigenvalue weighted by Gasteiger charge is -2.29. The summed E-state index contributed by atoms with van der Waals surface area (Å²) in [6.07, 6.45) is 0.870. The molecule has 0 aliphatic heterocycles. The van der Waals surface area contributed by atoms with Crippen LogP contribution in [-0.2, 0) is 5.41 Å². The fourth-order valence-electron chi connectivity index (χ4n) is 3.70. The lowest BCUT2D eigenvalue weighted by molar-refractivity contribution is 0.0933. The third-order valence-electron chi connectivity index (χ3n) is 5.19. The minimum Gasteiger partial charge on any atom is -0.496 e. The standard InChI is InChI=1S/C24H33NO2/c1-16(2)20-14-21(17(3)13-22(20)27-7)23(26)25-18(4)15-24(5,6)19-11-9-8-10-12-19/h8-14,16,18H,15H2,1-7H3,(H,25,26)/t18-/m0/s1. The molecule has 0 unspecified atom stereocenters. The van der Waals surface area contributed by atoms with Gasteiger partial charge in [-0.05, 0) is 60.4 Å². The van der Waals surface area contributed by atoms with Crippen molar-refractivity contribution < 1.29 is 9.53 Å². The van der Waals surface area contributed by atoms with Gasteiger partial charge in [0, 0.05) is 11.6 Å². The van der Waals surface area contributed by atoms with Crippen LogP contribution in [0, 0.1) is 6.92 Å². The van der Waals surface area contributed by atoms with Gasteiger partial charge in [0.05, 0.1) is 7.11 Å². The molecule has 1 amide bonds. The van der Waals surface area contributed by atoms with Crippen molar-refractivity contribution in [3.8, 4) is 5.75 Å². The minimum absolute atomic E-state index is 0.00793. The summed E-state index contributed by atoms with van der Waals surface area (Å²) < 4.78 is 5.49. The average molecular weight is 368 g/mol. The Balaban J connectivity index is 2.16. The van der Waals surface area contributed by atoms with Gasteiger partial charge in [0.25, 0.3) is 5.91 Å². The molecule has 2 aromatic rings. The van der Waals surface area contributed by atoms with E-state index >= 15 is 0 Å². The lowest BCUT2D eigenvalue weighted by atomic mass is 9.79. The molecule has 3 nitrogen and oxygen atoms in total. The highest BCUT2D eigenvalue weighted by molar-refractivity contribution is 5.96. The molecule has 3 heteroatoms. The Morgan fingerprint density at radius 1 is 1.11 bits per heavy atom. The lowest BCUT2D eigenvalue weighted by Crippen LogP contribution is -2.37. The molecular formula is C24H33NO2. The van der Waals surface area contributed by atoms with Crippen LogP contribution in [-0.4, -0.2) is 19.1 Å². The van der Waals surface area contributed by atoms with Gasteiger partial charge in [-0.25, -0.2) is 0 Å². The van der Waals surface area contributed by atoms with Gasteiger partial charge in [-0.15, -0.1) is 0 Å². The topological polar surface area (TPSA) is 38.3 Å². The first-order valence-electron chi connectivity index (χ1n) is 9.70. The monoisotopic (exact) mass is 367 g/mol. The van der Waals surface area contributed by atoms with E-state index in [9.17, 15) is 4.79 Å². The van der Waals surface area contributed by atoms with Crippen molar-refractivity contribution >= 4 is 5.91 Å². The molecule has 146 valence electrons. The summed E-state index contributed by atoms with van der Waals surface area (Å²) in [4.78, 5) is 12.9. The van der Waals surface area contributed by atoms with Crippen molar-refractivity contribution in [2.75, 3.05) is 7.11 Å². The molecule has 1 N–H and O–H groups in total. The predicted molar refractivity (Wildman–Crippen MR) is 113 cm³/mol. The molecular weight excluding hydrogens is 334 g/mol. The van der Waals surface area contributed by atoms with E-state index in [2.05, 4.69) is 64.2 Å². The number of benzene rings is 2. The van der Waals surface area contributed by atoms with Crippen LogP contribution < -0.4 is 10.1 Å². The van der Waals surface area contributed by atoms with Gasteiger partial charge in [0.1, 0.15) is 5.75 Å². The molecule has 27 heavy (non-hydrogen) atoms. The van der Waals surface area contributed by atoms with Crippen LogP contribution in [0.3, 0.4) is 0 Å². The van der Waals surface area contributed by atoms with E-state index in [4.69, 9.17) is 4.74 Å². The normalized spacial score (nSPS) is 12.7. The first kappa shape index (κ1) is 21.0. The van der Waals surface area contributed by atoms with Crippen molar-refractivity contribution in [2.45, 2.75) is 65.3 Å². The molecule has 0 saturated heterocycles. The molecule has 0 fully saturated rings. The number of hydrogen-bond donors (Lipinski definition) is 1. The zero-order valence-corrected chi connectivity index (χ0v) is 17.7. The van der Waals surface area contributed by atoms with Gasteiger partial charge in [0.2, 0.25) is 0 Å². The van der Waals surface area contributed by atoms with E-state index in [0.29, 0.717) is 5.92 Å². The largest absolute Gasteiger partial charge is 0.496 e. The van der Waals surface area contributed by atoms with E-state index in [0.717, 1.165) is 28.9 Å². The van der Waals surface area contributed by atoms with E-state index < -0.39 is 0 Å². The Labute approximate surface area is 164 Å². The number of rotatable bonds is 7. The summed E-state index contributed by atoms with van der Waals surface area (Å²) in [5.74, 6) is 1.12. The quantitative estimate of drug-likeness (QED) is 0.690. The maximum absolute atomic E-state index is 12.9. The second-order valence-electron chi connectivity index (χ2n) is 8.39. The number of aryl methyl sites for hydroxylation is 1. The Morgan fingerprint density at radius 3 is 2.30 bits per heavy atom. The van der Waals surface area contributed by atoms with Crippen LogP contribution in [0.2, 0.25) is 0 Å². The number of nitrogens with one attached hydrogen (secondary N) is 1. The molecule has 2 rings (SSSR count). The highest BCUT2D eigenvalue weighted by atomic mass is 16.5. The zero-order chi connectivity index (χ0) is 20.2. The average Bonchev–Trinajstić information content (AvgIpc) is 2.61. The van der Waals surface area contributed by atoms with Crippen molar-refractivity contribution in [1.29, 1.82) is 0 Å². The zero-order valence-electron chi connectivity index (χ0n) is 17.7. The first-order valence-corrected chi connectivity index (χ1v) is 9.70. The smallest absolute Gasteiger partial charge is 0.251 e. The fraction of sp³-hybridized carbons (Fsp3) is 0.458. The van der Waals surface area contributed by atoms with Crippen LogP contribution in [0.5, 0.6) is 5.75 Å². The van der Waals surface area contributed by atoms with Crippen molar-refractivity contribution in [1.82, 2.24) is 5.32 Å². The van der Waals surface area contributed by atoms with Gasteiger partial charge >= 0.3 is 0 Å². The SMILES string of the molecule is COc1cc(C)c(C(=O)N[C@@H](C)CC(C)(C)c2ccccc2)cc1C(C)C. The number of carbonyl (C=O) groups excluding carboxylic acids is 1. The Bertz CT molecular complexity index is 778. The number of amides is 1. The van der Waals surface area contributed by atoms with Crippen LogP contribution in [0.1, 0.15) is 74.0 Å². The van der Waals surface area contributed by atoms with Crippen molar-refractivity contribution in [3.63, 3.8) is 0 Å². The number of ether oxygens (including phenoxy) is 1. The summed E-state index contributed by atoms with van der Waals surface area (Å²) in [6.45, 7) is 12.7. The summed E-state index contributed by atoms with van der Waals surface area (Å²) in [7, 11) is 1.67. The molecule has 0 bridgehead atoms. The van der Waals surface area contributed by atoms with Crippen LogP contribution in [0.4, 0.5) is 0 Å². The second kappa shape index (κ2) is 8.60. The molecule has 0 aliphatic carbocycles. The van der Waals surface area contributed by atoms with E-state index in [1.165, 1.54) is 5.56 Å². The Morgan fingerprint density at radius 2 is 1.74 bits per heavy atom. The minimum atomic E-state index is -0.0200. The second-order valence-corrected chi connectivity index (χ2v) is 8.39.